The van der Waals surface area contributed by atoms with Crippen LogP contribution in [0.3, 0.4) is 0 Å². The highest BCUT2D eigenvalue weighted by molar-refractivity contribution is 5.97. The smallest absolute Gasteiger partial charge is 0.341 e. The molecule has 0 aliphatic carbocycles. The second-order valence-electron chi connectivity index (χ2n) is 7.67. The normalized spacial score (nSPS) is 11.8. The lowest BCUT2D eigenvalue weighted by molar-refractivity contribution is 0.0523. The van der Waals surface area contributed by atoms with E-state index in [4.69, 9.17) is 9.47 Å². The van der Waals surface area contributed by atoms with Gasteiger partial charge in [0.2, 0.25) is 0 Å². The van der Waals surface area contributed by atoms with E-state index < -0.39 is 11.9 Å². The molecular formula is C26H26N4O5. The van der Waals surface area contributed by atoms with E-state index in [1.807, 2.05) is 6.92 Å². The van der Waals surface area contributed by atoms with Crippen molar-refractivity contribution in [1.29, 1.82) is 0 Å². The molecule has 0 saturated heterocycles. The van der Waals surface area contributed by atoms with Gasteiger partial charge in [0.1, 0.15) is 16.9 Å². The molecule has 0 fully saturated rings. The Kier molecular flexibility index (Phi) is 7.47. The van der Waals surface area contributed by atoms with Crippen molar-refractivity contribution >= 4 is 28.6 Å². The zero-order valence-electron chi connectivity index (χ0n) is 19.6. The van der Waals surface area contributed by atoms with Gasteiger partial charge in [0, 0.05) is 31.5 Å². The maximum Gasteiger partial charge on any atom is 0.341 e. The Morgan fingerprint density at radius 1 is 1.03 bits per heavy atom. The number of fused-ring (bicyclic) bond motifs is 2. The van der Waals surface area contributed by atoms with Crippen LogP contribution in [0.2, 0.25) is 0 Å². The van der Waals surface area contributed by atoms with Gasteiger partial charge in [-0.1, -0.05) is 24.3 Å². The highest BCUT2D eigenvalue weighted by Crippen LogP contribution is 2.12. The number of rotatable bonds is 8. The maximum atomic E-state index is 13.3. The lowest BCUT2D eigenvalue weighted by atomic mass is 10.2. The van der Waals surface area contributed by atoms with Gasteiger partial charge < -0.3 is 14.0 Å². The molecule has 1 aromatic carbocycles. The van der Waals surface area contributed by atoms with E-state index in [9.17, 15) is 14.4 Å². The number of carbonyl (C=O) groups excluding carboxylic acids is 2. The average molecular weight is 475 g/mol. The number of hydrogen-bond donors (Lipinski definition) is 0. The van der Waals surface area contributed by atoms with Gasteiger partial charge in [0.25, 0.3) is 11.5 Å². The Balaban J connectivity index is 2.06. The summed E-state index contributed by atoms with van der Waals surface area (Å²) in [5.74, 6) is -1.20. The van der Waals surface area contributed by atoms with Crippen molar-refractivity contribution < 1.29 is 19.1 Å². The van der Waals surface area contributed by atoms with Crippen LogP contribution in [-0.2, 0) is 16.0 Å². The van der Waals surface area contributed by atoms with E-state index in [2.05, 4.69) is 9.98 Å². The molecule has 0 bridgehead atoms. The van der Waals surface area contributed by atoms with Gasteiger partial charge in [-0.2, -0.15) is 4.99 Å². The molecule has 35 heavy (non-hydrogen) atoms. The van der Waals surface area contributed by atoms with Crippen LogP contribution in [0, 0.1) is 0 Å². The van der Waals surface area contributed by atoms with Gasteiger partial charge in [-0.25, -0.2) is 9.78 Å². The first-order chi connectivity index (χ1) is 17.0. The number of aromatic nitrogens is 3. The van der Waals surface area contributed by atoms with Crippen LogP contribution in [0.25, 0.3) is 16.7 Å². The highest BCUT2D eigenvalue weighted by atomic mass is 16.5. The van der Waals surface area contributed by atoms with Crippen LogP contribution in [-0.4, -0.2) is 45.6 Å². The predicted molar refractivity (Wildman–Crippen MR) is 130 cm³/mol. The van der Waals surface area contributed by atoms with Crippen molar-refractivity contribution in [2.45, 2.75) is 26.8 Å². The summed E-state index contributed by atoms with van der Waals surface area (Å²) in [5.41, 5.74) is 0.909. The van der Waals surface area contributed by atoms with Gasteiger partial charge in [0.05, 0.1) is 12.0 Å². The molecule has 0 spiro atoms. The molecule has 0 saturated carbocycles. The van der Waals surface area contributed by atoms with Crippen LogP contribution < -0.4 is 11.0 Å². The summed E-state index contributed by atoms with van der Waals surface area (Å²) in [4.78, 5) is 48.4. The quantitative estimate of drug-likeness (QED) is 0.221. The van der Waals surface area contributed by atoms with Crippen LogP contribution in [0.4, 0.5) is 0 Å². The summed E-state index contributed by atoms with van der Waals surface area (Å²) in [6.07, 6.45) is 2.17. The molecule has 0 radical (unpaired) electrons. The van der Waals surface area contributed by atoms with Crippen molar-refractivity contribution in [1.82, 2.24) is 14.0 Å². The number of pyridine rings is 2. The highest BCUT2D eigenvalue weighted by Gasteiger charge is 2.20. The first-order valence-corrected chi connectivity index (χ1v) is 11.5. The summed E-state index contributed by atoms with van der Waals surface area (Å²) in [6, 6.07) is 15.2. The number of carbonyl (C=O) groups is 2. The Hall–Kier alpha value is -4.11. The van der Waals surface area contributed by atoms with Crippen molar-refractivity contribution in [2.75, 3.05) is 19.8 Å². The van der Waals surface area contributed by atoms with Crippen molar-refractivity contribution in [3.8, 4) is 0 Å². The van der Waals surface area contributed by atoms with Crippen molar-refractivity contribution in [2.24, 2.45) is 4.99 Å². The fraction of sp³-hybridized carbons (Fsp3) is 0.269. The minimum absolute atomic E-state index is 0.0230. The Morgan fingerprint density at radius 3 is 2.54 bits per heavy atom. The predicted octanol–water partition coefficient (Wildman–Crippen LogP) is 2.99. The van der Waals surface area contributed by atoms with E-state index in [0.29, 0.717) is 43.0 Å². The summed E-state index contributed by atoms with van der Waals surface area (Å²) in [5, 5.41) is 0.222. The number of aryl methyl sites for hydroxylation is 1. The first-order valence-electron chi connectivity index (χ1n) is 11.5. The molecule has 0 unspecified atom stereocenters. The molecule has 0 atom stereocenters. The zero-order chi connectivity index (χ0) is 24.8. The lowest BCUT2D eigenvalue weighted by Crippen LogP contribution is -2.33. The minimum atomic E-state index is -0.676. The molecule has 3 heterocycles. The molecule has 3 aromatic heterocycles. The van der Waals surface area contributed by atoms with Crippen molar-refractivity contribution in [3.05, 3.63) is 87.8 Å². The molecule has 0 N–H and O–H groups in total. The Morgan fingerprint density at radius 2 is 1.80 bits per heavy atom. The van der Waals surface area contributed by atoms with Gasteiger partial charge in [-0.05, 0) is 50.6 Å². The molecule has 4 aromatic rings. The minimum Gasteiger partial charge on any atom is -0.462 e. The fourth-order valence-electron chi connectivity index (χ4n) is 3.78. The second kappa shape index (κ2) is 10.9. The number of amides is 1. The van der Waals surface area contributed by atoms with E-state index in [1.54, 1.807) is 66.2 Å². The van der Waals surface area contributed by atoms with Gasteiger partial charge >= 0.3 is 5.97 Å². The van der Waals surface area contributed by atoms with E-state index in [-0.39, 0.29) is 28.6 Å². The van der Waals surface area contributed by atoms with Crippen molar-refractivity contribution in [3.63, 3.8) is 0 Å². The molecule has 9 heteroatoms. The Bertz CT molecular complexity index is 1510. The van der Waals surface area contributed by atoms with Crippen LogP contribution in [0.1, 0.15) is 41.0 Å². The first kappa shape index (κ1) is 24.0. The van der Waals surface area contributed by atoms with E-state index in [0.717, 1.165) is 0 Å². The fourth-order valence-corrected chi connectivity index (χ4v) is 3.78. The lowest BCUT2D eigenvalue weighted by Gasteiger charge is -2.15. The third kappa shape index (κ3) is 5.04. The topological polar surface area (TPSA) is 104 Å². The van der Waals surface area contributed by atoms with Crippen LogP contribution in [0.15, 0.2) is 70.6 Å². The number of esters is 1. The molecule has 4 rings (SSSR count). The van der Waals surface area contributed by atoms with Gasteiger partial charge in [-0.15, -0.1) is 0 Å². The zero-order valence-corrected chi connectivity index (χ0v) is 19.6. The Labute approximate surface area is 201 Å². The SMILES string of the molecule is CCOCCCn1c(=NC(=O)c2ccccc2)c(C(=O)OCC)cc2c(=O)n3ccccc3nc21. The largest absolute Gasteiger partial charge is 0.462 e. The number of benzene rings is 1. The molecule has 0 aliphatic rings. The molecule has 180 valence electrons. The van der Waals surface area contributed by atoms with Gasteiger partial charge in [0.15, 0.2) is 5.49 Å². The summed E-state index contributed by atoms with van der Waals surface area (Å²) in [7, 11) is 0. The monoisotopic (exact) mass is 474 g/mol. The summed E-state index contributed by atoms with van der Waals surface area (Å²) in [6.45, 7) is 5.04. The third-order valence-electron chi connectivity index (χ3n) is 5.39. The standard InChI is InChI=1S/C26H26N4O5/c1-3-34-16-10-15-30-22-19(25(32)29-14-9-8-13-21(29)27-22)17-20(26(33)35-4-2)23(30)28-24(31)18-11-6-5-7-12-18/h5-9,11-14,17H,3-4,10,15-16H2,1-2H3. The van der Waals surface area contributed by atoms with E-state index >= 15 is 0 Å². The van der Waals surface area contributed by atoms with Crippen LogP contribution in [0.5, 0.6) is 0 Å². The molecular weight excluding hydrogens is 448 g/mol. The number of hydrogen-bond acceptors (Lipinski definition) is 6. The number of ether oxygens (including phenoxy) is 2. The average Bonchev–Trinajstić information content (AvgIpc) is 2.88. The van der Waals surface area contributed by atoms with Gasteiger partial charge in [-0.3, -0.25) is 14.0 Å². The second-order valence-corrected chi connectivity index (χ2v) is 7.67. The molecule has 0 aliphatic heterocycles. The maximum absolute atomic E-state index is 13.3. The summed E-state index contributed by atoms with van der Waals surface area (Å²) < 4.78 is 13.8. The van der Waals surface area contributed by atoms with Crippen LogP contribution >= 0.6 is 0 Å². The molecule has 1 amide bonds. The summed E-state index contributed by atoms with van der Waals surface area (Å²) >= 11 is 0. The third-order valence-corrected chi connectivity index (χ3v) is 5.39. The van der Waals surface area contributed by atoms with E-state index in [1.165, 1.54) is 10.5 Å². The number of nitrogens with zero attached hydrogens (tertiary/aromatic N) is 4. The molecule has 9 nitrogen and oxygen atoms in total.